The summed E-state index contributed by atoms with van der Waals surface area (Å²) in [7, 11) is 0. The highest BCUT2D eigenvalue weighted by atomic mass is 32.2. The third-order valence-corrected chi connectivity index (χ3v) is 4.71. The summed E-state index contributed by atoms with van der Waals surface area (Å²) < 4.78 is 36.9. The average Bonchev–Trinajstić information content (AvgIpc) is 2.73. The zero-order chi connectivity index (χ0) is 15.7. The van der Waals surface area contributed by atoms with Gasteiger partial charge in [-0.3, -0.25) is 4.79 Å². The van der Waals surface area contributed by atoms with Crippen LogP contribution in [0.4, 0.5) is 13.2 Å². The summed E-state index contributed by atoms with van der Waals surface area (Å²) in [4.78, 5) is 11.7. The van der Waals surface area contributed by atoms with Crippen LogP contribution < -0.4 is 5.32 Å². The number of alkyl halides is 3. The van der Waals surface area contributed by atoms with Gasteiger partial charge in [0.2, 0.25) is 5.91 Å². The highest BCUT2D eigenvalue weighted by molar-refractivity contribution is 8.00. The monoisotopic (exact) mass is 317 g/mol. The van der Waals surface area contributed by atoms with Crippen molar-refractivity contribution in [3.05, 3.63) is 29.8 Å². The van der Waals surface area contributed by atoms with Crippen molar-refractivity contribution in [1.29, 1.82) is 0 Å². The highest BCUT2D eigenvalue weighted by Gasteiger charge is 2.40. The Morgan fingerprint density at radius 3 is 2.33 bits per heavy atom. The topological polar surface area (TPSA) is 29.1 Å². The molecule has 0 saturated carbocycles. The van der Waals surface area contributed by atoms with Gasteiger partial charge in [0.05, 0.1) is 0 Å². The first-order valence-corrected chi connectivity index (χ1v) is 7.67. The second-order valence-electron chi connectivity index (χ2n) is 5.73. The van der Waals surface area contributed by atoms with Gasteiger partial charge in [0.15, 0.2) is 0 Å². The van der Waals surface area contributed by atoms with Crippen LogP contribution in [-0.4, -0.2) is 17.0 Å². The van der Waals surface area contributed by atoms with E-state index in [1.54, 1.807) is 12.1 Å². The quantitative estimate of drug-likeness (QED) is 0.845. The molecule has 116 valence electrons. The molecular weight excluding hydrogens is 299 g/mol. The molecule has 1 aromatic rings. The van der Waals surface area contributed by atoms with Crippen molar-refractivity contribution >= 4 is 17.7 Å². The molecule has 0 spiro atoms. The van der Waals surface area contributed by atoms with Gasteiger partial charge in [0.25, 0.3) is 0 Å². The van der Waals surface area contributed by atoms with Crippen molar-refractivity contribution in [2.75, 3.05) is 0 Å². The molecular formula is C15H18F3NOS. The number of carbonyl (C=O) groups is 1. The molecule has 21 heavy (non-hydrogen) atoms. The number of amides is 1. The lowest BCUT2D eigenvalue weighted by Crippen LogP contribution is -2.48. The maximum absolute atomic E-state index is 12.3. The van der Waals surface area contributed by atoms with Crippen LogP contribution in [0.15, 0.2) is 29.2 Å². The van der Waals surface area contributed by atoms with E-state index >= 15 is 0 Å². The van der Waals surface area contributed by atoms with Gasteiger partial charge in [-0.2, -0.15) is 13.2 Å². The van der Waals surface area contributed by atoms with Crippen molar-refractivity contribution in [1.82, 2.24) is 5.32 Å². The molecule has 0 bridgehead atoms. The fourth-order valence-electron chi connectivity index (χ4n) is 2.68. The summed E-state index contributed by atoms with van der Waals surface area (Å²) in [6, 6.07) is 6.39. The summed E-state index contributed by atoms with van der Waals surface area (Å²) in [6.07, 6.45) is 1.93. The van der Waals surface area contributed by atoms with E-state index in [0.717, 1.165) is 12.0 Å². The Hall–Kier alpha value is -1.17. The van der Waals surface area contributed by atoms with E-state index in [4.69, 9.17) is 0 Å². The molecule has 2 rings (SSSR count). The van der Waals surface area contributed by atoms with Gasteiger partial charge < -0.3 is 5.32 Å². The second-order valence-corrected chi connectivity index (χ2v) is 6.87. The Morgan fingerprint density at radius 2 is 1.90 bits per heavy atom. The molecule has 1 aromatic carbocycles. The van der Waals surface area contributed by atoms with E-state index in [0.29, 0.717) is 12.8 Å². The minimum atomic E-state index is -4.26. The van der Waals surface area contributed by atoms with Crippen LogP contribution in [0, 0.1) is 5.92 Å². The molecule has 0 radical (unpaired) electrons. The van der Waals surface area contributed by atoms with E-state index < -0.39 is 5.51 Å². The molecule has 1 N–H and O–H groups in total. The SMILES string of the molecule is CC(C)C1(Cc2ccc(SC(F)(F)F)cc2)CCC(=O)N1. The molecule has 2 nitrogen and oxygen atoms in total. The number of carbonyl (C=O) groups excluding carboxylic acids is 1. The summed E-state index contributed by atoms with van der Waals surface area (Å²) in [5, 5.41) is 3.04. The van der Waals surface area contributed by atoms with Gasteiger partial charge in [-0.1, -0.05) is 26.0 Å². The number of rotatable bonds is 4. The first kappa shape index (κ1) is 16.2. The van der Waals surface area contributed by atoms with E-state index in [9.17, 15) is 18.0 Å². The lowest BCUT2D eigenvalue weighted by molar-refractivity contribution is -0.120. The van der Waals surface area contributed by atoms with E-state index in [2.05, 4.69) is 19.2 Å². The van der Waals surface area contributed by atoms with Crippen LogP contribution in [0.2, 0.25) is 0 Å². The number of hydrogen-bond donors (Lipinski definition) is 1. The zero-order valence-corrected chi connectivity index (χ0v) is 12.8. The van der Waals surface area contributed by atoms with E-state index in [1.807, 2.05) is 0 Å². The lowest BCUT2D eigenvalue weighted by Gasteiger charge is -2.33. The van der Waals surface area contributed by atoms with Crippen LogP contribution >= 0.6 is 11.8 Å². The lowest BCUT2D eigenvalue weighted by atomic mass is 9.80. The molecule has 0 aromatic heterocycles. The number of nitrogens with one attached hydrogen (secondary N) is 1. The predicted molar refractivity (Wildman–Crippen MR) is 77.0 cm³/mol. The van der Waals surface area contributed by atoms with Crippen molar-refractivity contribution in [2.24, 2.45) is 5.92 Å². The number of thioether (sulfide) groups is 1. The number of benzene rings is 1. The number of hydrogen-bond acceptors (Lipinski definition) is 2. The largest absolute Gasteiger partial charge is 0.446 e. The third-order valence-electron chi connectivity index (χ3n) is 3.97. The summed E-state index contributed by atoms with van der Waals surface area (Å²) in [5.74, 6) is 0.320. The fourth-order valence-corrected chi connectivity index (χ4v) is 3.22. The molecule has 0 aliphatic carbocycles. The van der Waals surface area contributed by atoms with Crippen molar-refractivity contribution in [2.45, 2.75) is 49.1 Å². The van der Waals surface area contributed by atoms with Gasteiger partial charge in [-0.05, 0) is 48.2 Å². The van der Waals surface area contributed by atoms with Gasteiger partial charge in [-0.25, -0.2) is 0 Å². The van der Waals surface area contributed by atoms with Crippen molar-refractivity contribution < 1.29 is 18.0 Å². The number of halogens is 3. The minimum absolute atomic E-state index is 0.0490. The molecule has 1 unspecified atom stereocenters. The van der Waals surface area contributed by atoms with E-state index in [-0.39, 0.29) is 34.0 Å². The van der Waals surface area contributed by atoms with E-state index in [1.165, 1.54) is 12.1 Å². The highest BCUT2D eigenvalue weighted by Crippen LogP contribution is 2.37. The van der Waals surface area contributed by atoms with Crippen LogP contribution in [0.1, 0.15) is 32.3 Å². The molecule has 6 heteroatoms. The Balaban J connectivity index is 2.10. The zero-order valence-electron chi connectivity index (χ0n) is 12.0. The second kappa shape index (κ2) is 5.91. The Bertz CT molecular complexity index is 513. The first-order valence-electron chi connectivity index (χ1n) is 6.86. The van der Waals surface area contributed by atoms with Crippen LogP contribution in [-0.2, 0) is 11.2 Å². The molecule has 1 aliphatic rings. The fraction of sp³-hybridized carbons (Fsp3) is 0.533. The third kappa shape index (κ3) is 4.15. The van der Waals surface area contributed by atoms with Crippen LogP contribution in [0.25, 0.3) is 0 Å². The standard InChI is InChI=1S/C15H18F3NOS/c1-10(2)14(8-7-13(20)19-14)9-11-3-5-12(6-4-11)21-15(16,17)18/h3-6,10H,7-9H2,1-2H3,(H,19,20). The molecule has 1 heterocycles. The summed E-state index contributed by atoms with van der Waals surface area (Å²) in [6.45, 7) is 4.11. The maximum Gasteiger partial charge on any atom is 0.446 e. The van der Waals surface area contributed by atoms with Crippen LogP contribution in [0.5, 0.6) is 0 Å². The normalized spacial score (nSPS) is 22.7. The molecule has 1 aliphatic heterocycles. The predicted octanol–water partition coefficient (Wildman–Crippen LogP) is 4.15. The maximum atomic E-state index is 12.3. The van der Waals surface area contributed by atoms with Crippen molar-refractivity contribution in [3.8, 4) is 0 Å². The Kier molecular flexibility index (Phi) is 4.56. The Labute approximate surface area is 126 Å². The average molecular weight is 317 g/mol. The molecule has 1 saturated heterocycles. The molecule has 1 fully saturated rings. The van der Waals surface area contributed by atoms with Gasteiger partial charge in [-0.15, -0.1) is 0 Å². The summed E-state index contributed by atoms with van der Waals surface area (Å²) in [5.41, 5.74) is -3.60. The Morgan fingerprint density at radius 1 is 1.29 bits per heavy atom. The summed E-state index contributed by atoms with van der Waals surface area (Å²) >= 11 is -0.112. The van der Waals surface area contributed by atoms with Gasteiger partial charge >= 0.3 is 5.51 Å². The first-order chi connectivity index (χ1) is 9.70. The van der Waals surface area contributed by atoms with Crippen molar-refractivity contribution in [3.63, 3.8) is 0 Å². The van der Waals surface area contributed by atoms with Gasteiger partial charge in [0, 0.05) is 16.9 Å². The smallest absolute Gasteiger partial charge is 0.350 e. The van der Waals surface area contributed by atoms with Gasteiger partial charge in [0.1, 0.15) is 0 Å². The molecule has 1 amide bonds. The molecule has 1 atom stereocenters. The minimum Gasteiger partial charge on any atom is -0.350 e. The van der Waals surface area contributed by atoms with Crippen LogP contribution in [0.3, 0.4) is 0 Å².